The summed E-state index contributed by atoms with van der Waals surface area (Å²) in [6, 6.07) is 2.48. The molecule has 1 heterocycles. The van der Waals surface area contributed by atoms with Crippen molar-refractivity contribution in [3.8, 4) is 6.07 Å². The minimum Gasteiger partial charge on any atom is -0.353 e. The molecule has 84 valence electrons. The summed E-state index contributed by atoms with van der Waals surface area (Å²) >= 11 is 0. The van der Waals surface area contributed by atoms with Gasteiger partial charge in [0.2, 0.25) is 0 Å². The van der Waals surface area contributed by atoms with E-state index < -0.39 is 0 Å². The summed E-state index contributed by atoms with van der Waals surface area (Å²) in [4.78, 5) is 0. The SMILES string of the molecule is CCOC1C[C@H]2[C@H](CCC[C@]2(C)C#N)O1. The van der Waals surface area contributed by atoms with Crippen molar-refractivity contribution in [2.75, 3.05) is 6.61 Å². The minimum absolute atomic E-state index is 0.0734. The van der Waals surface area contributed by atoms with Gasteiger partial charge in [-0.2, -0.15) is 5.26 Å². The average Bonchev–Trinajstić information content (AvgIpc) is 2.63. The van der Waals surface area contributed by atoms with Crippen LogP contribution < -0.4 is 0 Å². The third kappa shape index (κ3) is 1.89. The summed E-state index contributed by atoms with van der Waals surface area (Å²) in [7, 11) is 0. The monoisotopic (exact) mass is 209 g/mol. The number of hydrogen-bond acceptors (Lipinski definition) is 3. The Balaban J connectivity index is 2.08. The summed E-state index contributed by atoms with van der Waals surface area (Å²) < 4.78 is 11.3. The largest absolute Gasteiger partial charge is 0.353 e. The maximum absolute atomic E-state index is 9.27. The molecule has 1 saturated heterocycles. The van der Waals surface area contributed by atoms with Crippen LogP contribution in [0.2, 0.25) is 0 Å². The van der Waals surface area contributed by atoms with Gasteiger partial charge in [-0.05, 0) is 33.1 Å². The molecule has 2 fully saturated rings. The van der Waals surface area contributed by atoms with Crippen LogP contribution in [0, 0.1) is 22.7 Å². The number of ether oxygens (including phenoxy) is 2. The molecule has 2 rings (SSSR count). The van der Waals surface area contributed by atoms with Crippen LogP contribution in [0.4, 0.5) is 0 Å². The van der Waals surface area contributed by atoms with Crippen molar-refractivity contribution in [3.05, 3.63) is 0 Å². The smallest absolute Gasteiger partial charge is 0.158 e. The van der Waals surface area contributed by atoms with Crippen molar-refractivity contribution in [3.63, 3.8) is 0 Å². The highest BCUT2D eigenvalue weighted by molar-refractivity contribution is 5.06. The lowest BCUT2D eigenvalue weighted by atomic mass is 9.67. The summed E-state index contributed by atoms with van der Waals surface area (Å²) in [5.74, 6) is 0.368. The molecule has 0 amide bonds. The van der Waals surface area contributed by atoms with E-state index in [1.165, 1.54) is 0 Å². The zero-order valence-corrected chi connectivity index (χ0v) is 9.53. The molecule has 0 aromatic carbocycles. The van der Waals surface area contributed by atoms with E-state index in [-0.39, 0.29) is 17.8 Å². The number of hydrogen-bond donors (Lipinski definition) is 0. The van der Waals surface area contributed by atoms with Crippen LogP contribution in [-0.4, -0.2) is 19.0 Å². The molecular weight excluding hydrogens is 190 g/mol. The Kier molecular flexibility index (Phi) is 2.99. The first-order valence-corrected chi connectivity index (χ1v) is 5.88. The number of nitriles is 1. The first-order chi connectivity index (χ1) is 7.19. The van der Waals surface area contributed by atoms with Crippen molar-refractivity contribution < 1.29 is 9.47 Å². The highest BCUT2D eigenvalue weighted by Gasteiger charge is 2.49. The minimum atomic E-state index is -0.200. The fraction of sp³-hybridized carbons (Fsp3) is 0.917. The van der Waals surface area contributed by atoms with Gasteiger partial charge in [0.15, 0.2) is 6.29 Å². The zero-order valence-electron chi connectivity index (χ0n) is 9.53. The van der Waals surface area contributed by atoms with Crippen molar-refractivity contribution in [2.45, 2.75) is 51.9 Å². The first kappa shape index (κ1) is 10.9. The van der Waals surface area contributed by atoms with Crippen molar-refractivity contribution in [1.29, 1.82) is 5.26 Å². The Morgan fingerprint density at radius 2 is 2.40 bits per heavy atom. The standard InChI is InChI=1S/C12H19NO2/c1-3-14-11-7-9-10(15-11)5-4-6-12(9,2)8-13/h9-11H,3-7H2,1-2H3/t9-,10-,11?,12+/m0/s1. The molecule has 0 aromatic heterocycles. The molecule has 4 atom stereocenters. The maximum atomic E-state index is 9.27. The van der Waals surface area contributed by atoms with Gasteiger partial charge in [0.1, 0.15) is 0 Å². The van der Waals surface area contributed by atoms with Crippen molar-refractivity contribution >= 4 is 0 Å². The zero-order chi connectivity index (χ0) is 10.9. The maximum Gasteiger partial charge on any atom is 0.158 e. The van der Waals surface area contributed by atoms with Crippen molar-refractivity contribution in [2.24, 2.45) is 11.3 Å². The van der Waals surface area contributed by atoms with E-state index in [1.807, 2.05) is 6.92 Å². The third-order valence-corrected chi connectivity index (χ3v) is 3.83. The van der Waals surface area contributed by atoms with Crippen molar-refractivity contribution in [1.82, 2.24) is 0 Å². The van der Waals surface area contributed by atoms with Crippen LogP contribution in [0.1, 0.15) is 39.5 Å². The van der Waals surface area contributed by atoms with Crippen LogP contribution in [0.15, 0.2) is 0 Å². The molecule has 1 aliphatic heterocycles. The second-order valence-electron chi connectivity index (χ2n) is 4.82. The highest BCUT2D eigenvalue weighted by Crippen LogP contribution is 2.48. The van der Waals surface area contributed by atoms with Gasteiger partial charge in [-0.1, -0.05) is 0 Å². The summed E-state index contributed by atoms with van der Waals surface area (Å²) in [5, 5.41) is 9.27. The van der Waals surface area contributed by atoms with Gasteiger partial charge in [0, 0.05) is 18.9 Å². The fourth-order valence-electron chi connectivity index (χ4n) is 2.93. The lowest BCUT2D eigenvalue weighted by molar-refractivity contribution is -0.135. The van der Waals surface area contributed by atoms with E-state index in [0.717, 1.165) is 25.7 Å². The highest BCUT2D eigenvalue weighted by atomic mass is 16.7. The molecule has 3 heteroatoms. The van der Waals surface area contributed by atoms with Gasteiger partial charge in [0.05, 0.1) is 17.6 Å². The average molecular weight is 209 g/mol. The molecule has 2 aliphatic rings. The predicted octanol–water partition coefficient (Wildman–Crippen LogP) is 2.47. The van der Waals surface area contributed by atoms with E-state index in [2.05, 4.69) is 13.0 Å². The fourth-order valence-corrected chi connectivity index (χ4v) is 2.93. The lowest BCUT2D eigenvalue weighted by Crippen LogP contribution is -2.36. The molecule has 0 N–H and O–H groups in total. The molecule has 0 bridgehead atoms. The van der Waals surface area contributed by atoms with E-state index in [0.29, 0.717) is 12.5 Å². The molecule has 3 nitrogen and oxygen atoms in total. The van der Waals surface area contributed by atoms with E-state index in [4.69, 9.17) is 9.47 Å². The summed E-state index contributed by atoms with van der Waals surface area (Å²) in [6.07, 6.45) is 4.26. The first-order valence-electron chi connectivity index (χ1n) is 5.88. The molecule has 1 aliphatic carbocycles. The van der Waals surface area contributed by atoms with Crippen LogP contribution in [-0.2, 0) is 9.47 Å². The van der Waals surface area contributed by atoms with E-state index in [9.17, 15) is 5.26 Å². The van der Waals surface area contributed by atoms with Gasteiger partial charge in [-0.25, -0.2) is 0 Å². The molecule has 0 spiro atoms. The molecule has 1 saturated carbocycles. The van der Waals surface area contributed by atoms with Gasteiger partial charge >= 0.3 is 0 Å². The number of nitrogens with zero attached hydrogens (tertiary/aromatic N) is 1. The van der Waals surface area contributed by atoms with Crippen LogP contribution in [0.25, 0.3) is 0 Å². The third-order valence-electron chi connectivity index (χ3n) is 3.83. The Morgan fingerprint density at radius 3 is 3.07 bits per heavy atom. The van der Waals surface area contributed by atoms with Gasteiger partial charge < -0.3 is 9.47 Å². The van der Waals surface area contributed by atoms with E-state index >= 15 is 0 Å². The topological polar surface area (TPSA) is 42.2 Å². The molecule has 1 unspecified atom stereocenters. The number of fused-ring (bicyclic) bond motifs is 1. The quantitative estimate of drug-likeness (QED) is 0.701. The Bertz CT molecular complexity index is 273. The van der Waals surface area contributed by atoms with E-state index in [1.54, 1.807) is 0 Å². The normalized spacial score (nSPS) is 44.7. The van der Waals surface area contributed by atoms with Gasteiger partial charge in [-0.3, -0.25) is 0 Å². The molecule has 0 aromatic rings. The Labute approximate surface area is 91.4 Å². The summed E-state index contributed by atoms with van der Waals surface area (Å²) in [6.45, 7) is 4.74. The van der Waals surface area contributed by atoms with Crippen LogP contribution >= 0.6 is 0 Å². The Hall–Kier alpha value is -0.590. The second-order valence-corrected chi connectivity index (χ2v) is 4.82. The predicted molar refractivity (Wildman–Crippen MR) is 56.0 cm³/mol. The lowest BCUT2D eigenvalue weighted by Gasteiger charge is -2.36. The molecular formula is C12H19NO2. The van der Waals surface area contributed by atoms with Gasteiger partial charge in [-0.15, -0.1) is 0 Å². The van der Waals surface area contributed by atoms with Crippen LogP contribution in [0.3, 0.4) is 0 Å². The number of rotatable bonds is 2. The molecule has 0 radical (unpaired) electrons. The second kappa shape index (κ2) is 4.11. The van der Waals surface area contributed by atoms with Crippen LogP contribution in [0.5, 0.6) is 0 Å². The summed E-state index contributed by atoms with van der Waals surface area (Å²) in [5.41, 5.74) is -0.200. The molecule has 15 heavy (non-hydrogen) atoms. The van der Waals surface area contributed by atoms with Gasteiger partial charge in [0.25, 0.3) is 0 Å². The Morgan fingerprint density at radius 1 is 1.60 bits per heavy atom.